The van der Waals surface area contributed by atoms with Crippen molar-refractivity contribution in [1.29, 1.82) is 0 Å². The third-order valence-electron chi connectivity index (χ3n) is 3.28. The van der Waals surface area contributed by atoms with E-state index in [4.69, 9.17) is 5.73 Å². The molecule has 0 bridgehead atoms. The van der Waals surface area contributed by atoms with Gasteiger partial charge in [-0.25, -0.2) is 9.97 Å². The molecule has 5 heteroatoms. The van der Waals surface area contributed by atoms with Crippen LogP contribution in [0.5, 0.6) is 0 Å². The van der Waals surface area contributed by atoms with Gasteiger partial charge in [0.2, 0.25) is 5.95 Å². The van der Waals surface area contributed by atoms with Gasteiger partial charge in [-0.1, -0.05) is 0 Å². The fourth-order valence-electron chi connectivity index (χ4n) is 2.18. The highest BCUT2D eigenvalue weighted by atomic mass is 32.1. The molecule has 1 aliphatic rings. The first-order valence-electron chi connectivity index (χ1n) is 6.58. The lowest BCUT2D eigenvalue weighted by Crippen LogP contribution is -2.27. The lowest BCUT2D eigenvalue weighted by atomic mass is 10.3. The molecular weight excluding hydrogens is 256 g/mol. The molecule has 2 aromatic rings. The van der Waals surface area contributed by atoms with E-state index in [1.807, 2.05) is 13.0 Å². The molecule has 0 radical (unpaired) electrons. The van der Waals surface area contributed by atoms with Crippen molar-refractivity contribution in [2.24, 2.45) is 5.73 Å². The lowest BCUT2D eigenvalue weighted by molar-refractivity contribution is 0.748. The van der Waals surface area contributed by atoms with Gasteiger partial charge < -0.3 is 10.6 Å². The van der Waals surface area contributed by atoms with Crippen LogP contribution < -0.4 is 10.6 Å². The van der Waals surface area contributed by atoms with Crippen molar-refractivity contribution in [1.82, 2.24) is 9.97 Å². The van der Waals surface area contributed by atoms with Gasteiger partial charge in [-0.2, -0.15) is 11.3 Å². The Morgan fingerprint density at radius 2 is 2.26 bits per heavy atom. The predicted molar refractivity (Wildman–Crippen MR) is 78.2 cm³/mol. The number of thiophene rings is 1. The summed E-state index contributed by atoms with van der Waals surface area (Å²) in [5.41, 5.74) is 8.94. The highest BCUT2D eigenvalue weighted by Crippen LogP contribution is 2.31. The van der Waals surface area contributed by atoms with Gasteiger partial charge in [-0.3, -0.25) is 0 Å². The van der Waals surface area contributed by atoms with Crippen LogP contribution in [0.15, 0.2) is 22.9 Å². The predicted octanol–water partition coefficient (Wildman–Crippen LogP) is 2.47. The molecule has 0 aromatic carbocycles. The second-order valence-corrected chi connectivity index (χ2v) is 5.78. The van der Waals surface area contributed by atoms with E-state index in [0.717, 1.165) is 23.9 Å². The molecule has 3 rings (SSSR count). The zero-order valence-corrected chi connectivity index (χ0v) is 11.9. The van der Waals surface area contributed by atoms with Crippen LogP contribution in [0.4, 0.5) is 5.95 Å². The molecule has 0 amide bonds. The topological polar surface area (TPSA) is 55.0 Å². The van der Waals surface area contributed by atoms with E-state index in [1.54, 1.807) is 11.3 Å². The van der Waals surface area contributed by atoms with Gasteiger partial charge in [-0.15, -0.1) is 0 Å². The van der Waals surface area contributed by atoms with E-state index in [0.29, 0.717) is 12.6 Å². The molecule has 4 nitrogen and oxygen atoms in total. The molecule has 0 spiro atoms. The first-order chi connectivity index (χ1) is 9.26. The summed E-state index contributed by atoms with van der Waals surface area (Å²) in [6.07, 6.45) is 2.47. The average Bonchev–Trinajstić information content (AvgIpc) is 3.12. The summed E-state index contributed by atoms with van der Waals surface area (Å²) in [6.45, 7) is 3.36. The first kappa shape index (κ1) is 12.6. The second-order valence-electron chi connectivity index (χ2n) is 5.00. The summed E-state index contributed by atoms with van der Waals surface area (Å²) >= 11 is 1.73. The highest BCUT2D eigenvalue weighted by Gasteiger charge is 2.31. The van der Waals surface area contributed by atoms with Gasteiger partial charge in [0, 0.05) is 24.8 Å². The van der Waals surface area contributed by atoms with E-state index < -0.39 is 0 Å². The standard InChI is InChI=1S/C14H18N4S/c1-10-6-12(7-15)17-14(16-10)18(13-2-3-13)8-11-4-5-19-9-11/h4-6,9,13H,2-3,7-8,15H2,1H3. The van der Waals surface area contributed by atoms with Crippen molar-refractivity contribution in [3.63, 3.8) is 0 Å². The Morgan fingerprint density at radius 1 is 1.42 bits per heavy atom. The van der Waals surface area contributed by atoms with Crippen molar-refractivity contribution in [3.8, 4) is 0 Å². The van der Waals surface area contributed by atoms with E-state index in [1.165, 1.54) is 18.4 Å². The summed E-state index contributed by atoms with van der Waals surface area (Å²) in [7, 11) is 0. The van der Waals surface area contributed by atoms with Gasteiger partial charge in [0.1, 0.15) is 0 Å². The first-order valence-corrected chi connectivity index (χ1v) is 7.53. The molecule has 2 N–H and O–H groups in total. The van der Waals surface area contributed by atoms with E-state index in [2.05, 4.69) is 31.7 Å². The fourth-order valence-corrected chi connectivity index (χ4v) is 2.84. The van der Waals surface area contributed by atoms with Crippen LogP contribution in [0.3, 0.4) is 0 Å². The molecule has 100 valence electrons. The molecule has 2 heterocycles. The maximum atomic E-state index is 5.71. The van der Waals surface area contributed by atoms with Gasteiger partial charge in [-0.05, 0) is 48.2 Å². The quantitative estimate of drug-likeness (QED) is 0.910. The van der Waals surface area contributed by atoms with Crippen molar-refractivity contribution in [2.45, 2.75) is 38.9 Å². The van der Waals surface area contributed by atoms with Gasteiger partial charge in [0.15, 0.2) is 0 Å². The number of hydrogen-bond acceptors (Lipinski definition) is 5. The van der Waals surface area contributed by atoms with Crippen LogP contribution in [-0.2, 0) is 13.1 Å². The van der Waals surface area contributed by atoms with Crippen LogP contribution in [0.1, 0.15) is 29.8 Å². The maximum absolute atomic E-state index is 5.71. The molecule has 0 unspecified atom stereocenters. The molecule has 0 atom stereocenters. The smallest absolute Gasteiger partial charge is 0.226 e. The Kier molecular flexibility index (Phi) is 3.48. The molecular formula is C14H18N4S. The third kappa shape index (κ3) is 2.93. The van der Waals surface area contributed by atoms with Gasteiger partial charge in [0.05, 0.1) is 5.69 Å². The Morgan fingerprint density at radius 3 is 2.89 bits per heavy atom. The number of aryl methyl sites for hydroxylation is 1. The molecule has 19 heavy (non-hydrogen) atoms. The van der Waals surface area contributed by atoms with E-state index in [9.17, 15) is 0 Å². The second kappa shape index (κ2) is 5.27. The van der Waals surface area contributed by atoms with Crippen LogP contribution in [0.2, 0.25) is 0 Å². The van der Waals surface area contributed by atoms with E-state index in [-0.39, 0.29) is 0 Å². The summed E-state index contributed by atoms with van der Waals surface area (Å²) in [4.78, 5) is 11.5. The SMILES string of the molecule is Cc1cc(CN)nc(N(Cc2ccsc2)C2CC2)n1. The maximum Gasteiger partial charge on any atom is 0.226 e. The van der Waals surface area contributed by atoms with Gasteiger partial charge in [0.25, 0.3) is 0 Å². The fraction of sp³-hybridized carbons (Fsp3) is 0.429. The van der Waals surface area contributed by atoms with Crippen LogP contribution >= 0.6 is 11.3 Å². The Labute approximate surface area is 117 Å². The molecule has 1 aliphatic carbocycles. The Hall–Kier alpha value is -1.46. The number of anilines is 1. The minimum atomic E-state index is 0.466. The van der Waals surface area contributed by atoms with Crippen molar-refractivity contribution in [3.05, 3.63) is 39.8 Å². The highest BCUT2D eigenvalue weighted by molar-refractivity contribution is 7.07. The molecule has 0 aliphatic heterocycles. The Balaban J connectivity index is 1.89. The number of nitrogens with two attached hydrogens (primary N) is 1. The summed E-state index contributed by atoms with van der Waals surface area (Å²) in [6, 6.07) is 4.71. The van der Waals surface area contributed by atoms with Crippen LogP contribution in [-0.4, -0.2) is 16.0 Å². The number of nitrogens with zero attached hydrogens (tertiary/aromatic N) is 3. The normalized spacial score (nSPS) is 14.6. The molecule has 1 fully saturated rings. The van der Waals surface area contributed by atoms with E-state index >= 15 is 0 Å². The largest absolute Gasteiger partial charge is 0.333 e. The van der Waals surface area contributed by atoms with Crippen molar-refractivity contribution >= 4 is 17.3 Å². The lowest BCUT2D eigenvalue weighted by Gasteiger charge is -2.22. The number of rotatable bonds is 5. The van der Waals surface area contributed by atoms with Crippen LogP contribution in [0.25, 0.3) is 0 Å². The summed E-state index contributed by atoms with van der Waals surface area (Å²) in [5.74, 6) is 0.828. The summed E-state index contributed by atoms with van der Waals surface area (Å²) < 4.78 is 0. The Bertz CT molecular complexity index is 549. The molecule has 0 saturated heterocycles. The summed E-state index contributed by atoms with van der Waals surface area (Å²) in [5, 5.41) is 4.30. The molecule has 1 saturated carbocycles. The third-order valence-corrected chi connectivity index (χ3v) is 4.01. The average molecular weight is 274 g/mol. The van der Waals surface area contributed by atoms with Crippen molar-refractivity contribution in [2.75, 3.05) is 4.90 Å². The number of aromatic nitrogens is 2. The number of hydrogen-bond donors (Lipinski definition) is 1. The van der Waals surface area contributed by atoms with Gasteiger partial charge >= 0.3 is 0 Å². The minimum absolute atomic E-state index is 0.466. The zero-order valence-electron chi connectivity index (χ0n) is 11.0. The molecule has 2 aromatic heterocycles. The zero-order chi connectivity index (χ0) is 13.2. The van der Waals surface area contributed by atoms with Crippen LogP contribution in [0, 0.1) is 6.92 Å². The van der Waals surface area contributed by atoms with Crippen molar-refractivity contribution < 1.29 is 0 Å². The monoisotopic (exact) mass is 274 g/mol. The minimum Gasteiger partial charge on any atom is -0.333 e.